The van der Waals surface area contributed by atoms with Crippen molar-refractivity contribution in [3.8, 4) is 0 Å². The fourth-order valence-corrected chi connectivity index (χ4v) is 2.42. The molecule has 2 amide bonds. The van der Waals surface area contributed by atoms with E-state index in [0.29, 0.717) is 19.7 Å². The van der Waals surface area contributed by atoms with Crippen LogP contribution in [0.2, 0.25) is 0 Å². The van der Waals surface area contributed by atoms with Gasteiger partial charge in [-0.2, -0.15) is 0 Å². The first-order valence-electron chi connectivity index (χ1n) is 8.05. The van der Waals surface area contributed by atoms with Crippen LogP contribution in [0.4, 0.5) is 4.79 Å². The van der Waals surface area contributed by atoms with Gasteiger partial charge in [-0.3, -0.25) is 0 Å². The molecule has 0 unspecified atom stereocenters. The zero-order valence-corrected chi connectivity index (χ0v) is 14.7. The van der Waals surface area contributed by atoms with Crippen LogP contribution in [-0.4, -0.2) is 71.2 Å². The minimum Gasteiger partial charge on any atom is -0.388 e. The van der Waals surface area contributed by atoms with Crippen LogP contribution in [0.3, 0.4) is 0 Å². The second-order valence-electron chi connectivity index (χ2n) is 6.93. The molecule has 1 fully saturated rings. The summed E-state index contributed by atoms with van der Waals surface area (Å²) in [6, 6.07) is -0.865. The van der Waals surface area contributed by atoms with Crippen molar-refractivity contribution in [3.63, 3.8) is 0 Å². The molecule has 24 heavy (non-hydrogen) atoms. The number of aliphatic hydroxyl groups is 1. The van der Waals surface area contributed by atoms with Gasteiger partial charge in [0.05, 0.1) is 31.5 Å². The predicted molar refractivity (Wildman–Crippen MR) is 86.7 cm³/mol. The van der Waals surface area contributed by atoms with E-state index in [4.69, 9.17) is 9.47 Å². The van der Waals surface area contributed by atoms with Gasteiger partial charge < -0.3 is 25.2 Å². The van der Waals surface area contributed by atoms with E-state index in [2.05, 4.69) is 41.7 Å². The molecule has 2 rings (SSSR count). The smallest absolute Gasteiger partial charge is 0.315 e. The topological polar surface area (TPSA) is 111 Å². The quantitative estimate of drug-likeness (QED) is 0.610. The maximum Gasteiger partial charge on any atom is 0.315 e. The average Bonchev–Trinajstić information content (AvgIpc) is 3.09. The Bertz CT molecular complexity index is 542. The fourth-order valence-electron chi connectivity index (χ4n) is 2.42. The van der Waals surface area contributed by atoms with Gasteiger partial charge in [0.25, 0.3) is 0 Å². The summed E-state index contributed by atoms with van der Waals surface area (Å²) in [6.07, 6.45) is 0.737. The number of aromatic nitrogens is 3. The van der Waals surface area contributed by atoms with Crippen LogP contribution >= 0.6 is 0 Å². The van der Waals surface area contributed by atoms with Crippen molar-refractivity contribution in [1.29, 1.82) is 0 Å². The molecule has 2 heterocycles. The molecule has 0 aliphatic carbocycles. The maximum atomic E-state index is 11.9. The molecule has 0 bridgehead atoms. The van der Waals surface area contributed by atoms with Gasteiger partial charge in [-0.25, -0.2) is 9.48 Å². The minimum absolute atomic E-state index is 0.0901. The van der Waals surface area contributed by atoms with Crippen LogP contribution in [-0.2, 0) is 21.4 Å². The van der Waals surface area contributed by atoms with Crippen LogP contribution in [0, 0.1) is 0 Å². The number of amides is 2. The van der Waals surface area contributed by atoms with Gasteiger partial charge in [0.15, 0.2) is 0 Å². The summed E-state index contributed by atoms with van der Waals surface area (Å²) in [5.41, 5.74) is 0.788. The standard InChI is InChI=1S/C15H27N5O4/c1-15(2,3)12-8-20(19-18-12)7-11-13(10(21)9-24-11)17-14(22)16-5-6-23-4/h8,10-11,13,21H,5-7,9H2,1-4H3,(H2,16,17,22)/t10-,11+,13+/m0/s1. The van der Waals surface area contributed by atoms with Crippen LogP contribution in [0.25, 0.3) is 0 Å². The molecule has 1 aromatic heterocycles. The monoisotopic (exact) mass is 341 g/mol. The molecule has 1 saturated heterocycles. The van der Waals surface area contributed by atoms with Crippen LogP contribution in [0.1, 0.15) is 26.5 Å². The van der Waals surface area contributed by atoms with Gasteiger partial charge in [0.2, 0.25) is 0 Å². The number of nitrogens with zero attached hydrogens (tertiary/aromatic N) is 3. The van der Waals surface area contributed by atoms with Crippen molar-refractivity contribution in [1.82, 2.24) is 25.6 Å². The Labute approximate surface area is 141 Å². The molecule has 0 saturated carbocycles. The minimum atomic E-state index is -0.756. The number of aliphatic hydroxyl groups excluding tert-OH is 1. The molecule has 9 heteroatoms. The average molecular weight is 341 g/mol. The van der Waals surface area contributed by atoms with Crippen molar-refractivity contribution in [2.24, 2.45) is 0 Å². The molecule has 1 aliphatic rings. The highest BCUT2D eigenvalue weighted by molar-refractivity contribution is 5.74. The normalized spacial score (nSPS) is 24.1. The Kier molecular flexibility index (Phi) is 6.14. The fraction of sp³-hybridized carbons (Fsp3) is 0.800. The zero-order valence-electron chi connectivity index (χ0n) is 14.7. The van der Waals surface area contributed by atoms with Gasteiger partial charge in [-0.1, -0.05) is 26.0 Å². The number of hydrogen-bond acceptors (Lipinski definition) is 6. The Morgan fingerprint density at radius 2 is 2.29 bits per heavy atom. The molecule has 0 radical (unpaired) electrons. The Morgan fingerprint density at radius 3 is 2.92 bits per heavy atom. The van der Waals surface area contributed by atoms with E-state index in [1.165, 1.54) is 0 Å². The second kappa shape index (κ2) is 7.91. The number of rotatable bonds is 6. The van der Waals surface area contributed by atoms with Crippen molar-refractivity contribution in [2.45, 2.75) is 51.0 Å². The lowest BCUT2D eigenvalue weighted by atomic mass is 9.93. The van der Waals surface area contributed by atoms with Gasteiger partial charge >= 0.3 is 6.03 Å². The van der Waals surface area contributed by atoms with E-state index >= 15 is 0 Å². The SMILES string of the molecule is COCCNC(=O)N[C@@H]1[C@@H](O)CO[C@@H]1Cn1cc(C(C)(C)C)nn1. The van der Waals surface area contributed by atoms with E-state index in [-0.39, 0.29) is 24.2 Å². The van der Waals surface area contributed by atoms with Crippen molar-refractivity contribution in [2.75, 3.05) is 26.9 Å². The summed E-state index contributed by atoms with van der Waals surface area (Å²) in [4.78, 5) is 11.9. The lowest BCUT2D eigenvalue weighted by Gasteiger charge is -2.21. The molecule has 1 aliphatic heterocycles. The Morgan fingerprint density at radius 1 is 1.54 bits per heavy atom. The first kappa shape index (κ1) is 18.6. The van der Waals surface area contributed by atoms with E-state index in [1.54, 1.807) is 11.8 Å². The molecule has 3 N–H and O–H groups in total. The number of urea groups is 1. The number of methoxy groups -OCH3 is 1. The second-order valence-corrected chi connectivity index (χ2v) is 6.93. The third kappa shape index (κ3) is 4.89. The first-order chi connectivity index (χ1) is 11.3. The molecular formula is C15H27N5O4. The number of carbonyl (C=O) groups excluding carboxylic acids is 1. The van der Waals surface area contributed by atoms with Crippen LogP contribution < -0.4 is 10.6 Å². The van der Waals surface area contributed by atoms with E-state index < -0.39 is 12.1 Å². The molecule has 3 atom stereocenters. The van der Waals surface area contributed by atoms with Crippen LogP contribution in [0.5, 0.6) is 0 Å². The van der Waals surface area contributed by atoms with E-state index in [1.807, 2.05) is 6.20 Å². The van der Waals surface area contributed by atoms with Gasteiger partial charge in [-0.15, -0.1) is 5.10 Å². The van der Waals surface area contributed by atoms with Crippen molar-refractivity contribution in [3.05, 3.63) is 11.9 Å². The summed E-state index contributed by atoms with van der Waals surface area (Å²) in [6.45, 7) is 7.59. The number of hydrogen-bond donors (Lipinski definition) is 3. The zero-order chi connectivity index (χ0) is 17.7. The number of carbonyl (C=O) groups is 1. The molecule has 1 aromatic rings. The highest BCUT2D eigenvalue weighted by Gasteiger charge is 2.37. The van der Waals surface area contributed by atoms with Crippen molar-refractivity contribution >= 4 is 6.03 Å². The lowest BCUT2D eigenvalue weighted by Crippen LogP contribution is -2.51. The molecule has 0 aromatic carbocycles. The highest BCUT2D eigenvalue weighted by atomic mass is 16.5. The third-order valence-electron chi connectivity index (χ3n) is 3.86. The number of ether oxygens (including phenoxy) is 2. The van der Waals surface area contributed by atoms with Gasteiger partial charge in [-0.05, 0) is 0 Å². The summed E-state index contributed by atoms with van der Waals surface area (Å²) in [5, 5.41) is 23.7. The first-order valence-corrected chi connectivity index (χ1v) is 8.05. The van der Waals surface area contributed by atoms with Crippen molar-refractivity contribution < 1.29 is 19.4 Å². The summed E-state index contributed by atoms with van der Waals surface area (Å²) in [7, 11) is 1.56. The lowest BCUT2D eigenvalue weighted by molar-refractivity contribution is 0.0746. The Hall–Kier alpha value is -1.71. The Balaban J connectivity index is 1.93. The summed E-state index contributed by atoms with van der Waals surface area (Å²) in [5.74, 6) is 0. The third-order valence-corrected chi connectivity index (χ3v) is 3.86. The summed E-state index contributed by atoms with van der Waals surface area (Å²) < 4.78 is 12.2. The molecule has 0 spiro atoms. The van der Waals surface area contributed by atoms with Gasteiger partial charge in [0, 0.05) is 25.3 Å². The van der Waals surface area contributed by atoms with Gasteiger partial charge in [0.1, 0.15) is 12.2 Å². The van der Waals surface area contributed by atoms with E-state index in [9.17, 15) is 9.90 Å². The highest BCUT2D eigenvalue weighted by Crippen LogP contribution is 2.20. The largest absolute Gasteiger partial charge is 0.388 e. The number of nitrogens with one attached hydrogen (secondary N) is 2. The van der Waals surface area contributed by atoms with Crippen LogP contribution in [0.15, 0.2) is 6.20 Å². The molecule has 9 nitrogen and oxygen atoms in total. The maximum absolute atomic E-state index is 11.9. The summed E-state index contributed by atoms with van der Waals surface area (Å²) >= 11 is 0. The van der Waals surface area contributed by atoms with E-state index in [0.717, 1.165) is 5.69 Å². The predicted octanol–water partition coefficient (Wildman–Crippen LogP) is -0.350. The molecular weight excluding hydrogens is 314 g/mol. The molecule has 136 valence electrons.